The summed E-state index contributed by atoms with van der Waals surface area (Å²) in [5.41, 5.74) is 0. The Morgan fingerprint density at radius 2 is 1.33 bits per heavy atom. The predicted molar refractivity (Wildman–Crippen MR) is 120 cm³/mol. The molecule has 0 saturated carbocycles. The third kappa shape index (κ3) is 3.23. The first-order valence-electron chi connectivity index (χ1n) is 8.93. The van der Waals surface area contributed by atoms with Crippen LogP contribution in [0.4, 0.5) is 0 Å². The summed E-state index contributed by atoms with van der Waals surface area (Å²) in [5, 5.41) is 4.27. The molecule has 0 atom stereocenters. The lowest BCUT2D eigenvalue weighted by Gasteiger charge is -2.47. The number of ether oxygens (including phenoxy) is 1. The summed E-state index contributed by atoms with van der Waals surface area (Å²) in [6.45, 7) is 8.84. The van der Waals surface area contributed by atoms with Crippen LogP contribution < -0.4 is 15.1 Å². The van der Waals surface area contributed by atoms with Gasteiger partial charge in [-0.05, 0) is 22.5 Å². The second-order valence-electron chi connectivity index (χ2n) is 8.00. The van der Waals surface area contributed by atoms with Crippen molar-refractivity contribution in [3.05, 3.63) is 65.0 Å². The highest BCUT2D eigenvalue weighted by atomic mass is 35.5. The fourth-order valence-electron chi connectivity index (χ4n) is 3.93. The first-order valence-corrected chi connectivity index (χ1v) is 15.7. The molecular formula is C21H24Cl2O2Si2. The highest BCUT2D eigenvalue weighted by Crippen LogP contribution is 2.51. The number of halogens is 2. The van der Waals surface area contributed by atoms with E-state index in [4.69, 9.17) is 27.9 Å². The lowest BCUT2D eigenvalue weighted by atomic mass is 10.1. The molecule has 0 spiro atoms. The van der Waals surface area contributed by atoms with Crippen LogP contribution in [0.3, 0.4) is 0 Å². The van der Waals surface area contributed by atoms with Crippen LogP contribution in [-0.2, 0) is 4.79 Å². The standard InChI is InChI=1S/C21H24Cl2O2Si2/c1-25-15-11-13-17(14-12-15)27(4,5)20-18(19(24)21(20,22)23)26(2,3)16-9-7-6-8-10-16/h6-14H,1-5H3. The van der Waals surface area contributed by atoms with Gasteiger partial charge in [-0.25, -0.2) is 0 Å². The van der Waals surface area contributed by atoms with E-state index in [0.29, 0.717) is 0 Å². The Labute approximate surface area is 173 Å². The lowest BCUT2D eigenvalue weighted by molar-refractivity contribution is -0.116. The van der Waals surface area contributed by atoms with E-state index in [1.807, 2.05) is 30.3 Å². The number of rotatable bonds is 5. The van der Waals surface area contributed by atoms with Gasteiger partial charge in [-0.2, -0.15) is 0 Å². The Balaban J connectivity index is 2.18. The van der Waals surface area contributed by atoms with Gasteiger partial charge in [-0.3, -0.25) is 4.79 Å². The molecule has 0 unspecified atom stereocenters. The Morgan fingerprint density at radius 3 is 1.85 bits per heavy atom. The minimum atomic E-state index is -2.24. The van der Waals surface area contributed by atoms with Crippen LogP contribution >= 0.6 is 23.2 Å². The number of hydrogen-bond donors (Lipinski definition) is 0. The highest BCUT2D eigenvalue weighted by molar-refractivity contribution is 7.08. The van der Waals surface area contributed by atoms with E-state index in [1.165, 1.54) is 10.4 Å². The average Bonchev–Trinajstić information content (AvgIpc) is 2.65. The smallest absolute Gasteiger partial charge is 0.197 e. The molecule has 0 aromatic heterocycles. The van der Waals surface area contributed by atoms with Crippen molar-refractivity contribution in [3.63, 3.8) is 0 Å². The zero-order chi connectivity index (χ0) is 20.0. The van der Waals surface area contributed by atoms with Crippen molar-refractivity contribution in [3.8, 4) is 5.75 Å². The number of benzene rings is 2. The van der Waals surface area contributed by atoms with Crippen LogP contribution in [0.15, 0.2) is 65.0 Å². The number of allylic oxidation sites excluding steroid dienone is 2. The maximum Gasteiger partial charge on any atom is 0.197 e. The Bertz CT molecular complexity index is 902. The third-order valence-electron chi connectivity index (χ3n) is 5.63. The predicted octanol–water partition coefficient (Wildman–Crippen LogP) is 4.36. The highest BCUT2D eigenvalue weighted by Gasteiger charge is 2.60. The van der Waals surface area contributed by atoms with E-state index in [0.717, 1.165) is 16.1 Å². The van der Waals surface area contributed by atoms with Gasteiger partial charge in [0.2, 0.25) is 0 Å². The van der Waals surface area contributed by atoms with E-state index in [2.05, 4.69) is 50.5 Å². The normalized spacial score (nSPS) is 16.9. The van der Waals surface area contributed by atoms with Crippen LogP contribution in [-0.4, -0.2) is 33.4 Å². The molecule has 27 heavy (non-hydrogen) atoms. The van der Waals surface area contributed by atoms with Crippen molar-refractivity contribution in [2.45, 2.75) is 30.5 Å². The summed E-state index contributed by atoms with van der Waals surface area (Å²) in [4.78, 5) is 13.0. The van der Waals surface area contributed by atoms with Crippen molar-refractivity contribution >= 4 is 55.5 Å². The van der Waals surface area contributed by atoms with Crippen molar-refractivity contribution in [2.24, 2.45) is 0 Å². The van der Waals surface area contributed by atoms with Crippen LogP contribution in [0.2, 0.25) is 26.2 Å². The number of ketones is 1. The van der Waals surface area contributed by atoms with Gasteiger partial charge < -0.3 is 4.74 Å². The number of carbonyl (C=O) groups excluding carboxylic acids is 1. The monoisotopic (exact) mass is 434 g/mol. The number of Topliss-reactive ketones (excluding diaryl/α,β-unsaturated/α-hetero) is 1. The van der Waals surface area contributed by atoms with Gasteiger partial charge in [0.05, 0.1) is 7.11 Å². The quantitative estimate of drug-likeness (QED) is 0.515. The molecule has 0 saturated heterocycles. The van der Waals surface area contributed by atoms with Gasteiger partial charge in [0, 0.05) is 0 Å². The van der Waals surface area contributed by atoms with E-state index in [-0.39, 0.29) is 5.78 Å². The Morgan fingerprint density at radius 1 is 0.815 bits per heavy atom. The second kappa shape index (κ2) is 6.92. The molecule has 0 heterocycles. The molecule has 2 aromatic rings. The molecule has 0 amide bonds. The van der Waals surface area contributed by atoms with E-state index in [9.17, 15) is 4.79 Å². The molecule has 1 aliphatic rings. The lowest BCUT2D eigenvalue weighted by Crippen LogP contribution is -2.64. The number of methoxy groups -OCH3 is 1. The minimum absolute atomic E-state index is 0.115. The molecule has 0 bridgehead atoms. The van der Waals surface area contributed by atoms with E-state index >= 15 is 0 Å². The zero-order valence-corrected chi connectivity index (χ0v) is 19.8. The molecular weight excluding hydrogens is 411 g/mol. The van der Waals surface area contributed by atoms with Crippen LogP contribution in [0.25, 0.3) is 0 Å². The van der Waals surface area contributed by atoms with E-state index < -0.39 is 20.5 Å². The van der Waals surface area contributed by atoms with Gasteiger partial charge in [0.25, 0.3) is 0 Å². The molecule has 142 valence electrons. The second-order valence-corrected chi connectivity index (χ2v) is 18.0. The fourth-order valence-corrected chi connectivity index (χ4v) is 13.7. The summed E-state index contributed by atoms with van der Waals surface area (Å²) in [6.07, 6.45) is 0. The summed E-state index contributed by atoms with van der Waals surface area (Å²) in [7, 11) is -2.79. The minimum Gasteiger partial charge on any atom is -0.497 e. The van der Waals surface area contributed by atoms with Crippen LogP contribution in [0, 0.1) is 0 Å². The van der Waals surface area contributed by atoms with Gasteiger partial charge >= 0.3 is 0 Å². The fraction of sp³-hybridized carbons (Fsp3) is 0.286. The Hall–Kier alpha value is -1.34. The summed E-state index contributed by atoms with van der Waals surface area (Å²) in [5.74, 6) is 0.694. The maximum atomic E-state index is 13.0. The largest absolute Gasteiger partial charge is 0.497 e. The third-order valence-corrected chi connectivity index (χ3v) is 14.1. The molecule has 2 aromatic carbocycles. The van der Waals surface area contributed by atoms with Crippen molar-refractivity contribution < 1.29 is 9.53 Å². The first-order chi connectivity index (χ1) is 12.5. The molecule has 0 N–H and O–H groups in total. The van der Waals surface area contributed by atoms with Gasteiger partial charge in [-0.15, -0.1) is 0 Å². The zero-order valence-electron chi connectivity index (χ0n) is 16.3. The molecule has 1 aliphatic carbocycles. The molecule has 0 fully saturated rings. The van der Waals surface area contributed by atoms with E-state index in [1.54, 1.807) is 7.11 Å². The average molecular weight is 435 g/mol. The SMILES string of the molecule is COc1ccc([Si](C)(C)C2=C([Si](C)(C)c3ccccc3)C(=O)C2(Cl)Cl)cc1. The maximum absolute atomic E-state index is 13.0. The van der Waals surface area contributed by atoms with Gasteiger partial charge in [0.1, 0.15) is 21.9 Å². The topological polar surface area (TPSA) is 26.3 Å². The molecule has 3 rings (SSSR count). The number of hydrogen-bond acceptors (Lipinski definition) is 2. The van der Waals surface area contributed by atoms with Crippen molar-refractivity contribution in [1.29, 1.82) is 0 Å². The van der Waals surface area contributed by atoms with Crippen LogP contribution in [0.5, 0.6) is 5.75 Å². The van der Waals surface area contributed by atoms with Crippen molar-refractivity contribution in [1.82, 2.24) is 0 Å². The molecule has 0 radical (unpaired) electrons. The number of carbonyl (C=O) groups is 1. The Kier molecular flexibility index (Phi) is 5.23. The molecule has 0 aliphatic heterocycles. The van der Waals surface area contributed by atoms with Crippen LogP contribution in [0.1, 0.15) is 0 Å². The molecule has 2 nitrogen and oxygen atoms in total. The summed E-state index contributed by atoms with van der Waals surface area (Å²) in [6, 6.07) is 18.3. The summed E-state index contributed by atoms with van der Waals surface area (Å²) < 4.78 is 3.87. The summed E-state index contributed by atoms with van der Waals surface area (Å²) >= 11 is 13.2. The van der Waals surface area contributed by atoms with Gasteiger partial charge in [-0.1, -0.05) is 102 Å². The molecule has 6 heteroatoms. The van der Waals surface area contributed by atoms with Crippen molar-refractivity contribution in [2.75, 3.05) is 7.11 Å². The van der Waals surface area contributed by atoms with Gasteiger partial charge in [0.15, 0.2) is 10.1 Å². The first kappa shape index (κ1) is 20.4. The number of alkyl halides is 2.